The van der Waals surface area contributed by atoms with Gasteiger partial charge in [-0.05, 0) is 37.5 Å². The van der Waals surface area contributed by atoms with Crippen molar-refractivity contribution in [2.24, 2.45) is 0 Å². The van der Waals surface area contributed by atoms with Crippen LogP contribution in [0, 0.1) is 0 Å². The molecule has 24 heavy (non-hydrogen) atoms. The molecule has 1 aromatic heterocycles. The summed E-state index contributed by atoms with van der Waals surface area (Å²) in [4.78, 5) is 21.3. The number of hydrogen-bond acceptors (Lipinski definition) is 3. The Labute approximate surface area is 143 Å². The summed E-state index contributed by atoms with van der Waals surface area (Å²) in [6.45, 7) is 4.81. The Morgan fingerprint density at radius 2 is 2.00 bits per heavy atom. The van der Waals surface area contributed by atoms with Crippen molar-refractivity contribution in [1.82, 2.24) is 14.8 Å². The maximum absolute atomic E-state index is 12.5. The molecule has 124 valence electrons. The minimum Gasteiger partial charge on any atom is -0.337 e. The number of aromatic nitrogens is 1. The Morgan fingerprint density at radius 1 is 1.17 bits per heavy atom. The van der Waals surface area contributed by atoms with Crippen molar-refractivity contribution in [3.63, 3.8) is 0 Å². The minimum atomic E-state index is -0.0187. The van der Waals surface area contributed by atoms with Crippen LogP contribution in [-0.4, -0.2) is 45.9 Å². The van der Waals surface area contributed by atoms with Crippen LogP contribution in [0.2, 0.25) is 0 Å². The predicted molar refractivity (Wildman–Crippen MR) is 94.3 cm³/mol. The molecule has 4 nitrogen and oxygen atoms in total. The standard InChI is InChI=1S/C20H23N3O/c1-15-20(24)23-12-4-5-18(23)14-22(15)13-16-7-9-17(10-8-16)19-6-2-3-11-21-19/h2-3,6-11,15,18H,4-5,12-14H2,1H3/t15-,18-/m0/s1. The second-order valence-electron chi connectivity index (χ2n) is 6.85. The summed E-state index contributed by atoms with van der Waals surface area (Å²) in [6, 6.07) is 14.9. The summed E-state index contributed by atoms with van der Waals surface area (Å²) in [5, 5.41) is 0. The molecule has 0 N–H and O–H groups in total. The maximum atomic E-state index is 12.5. The van der Waals surface area contributed by atoms with Gasteiger partial charge in [0.1, 0.15) is 0 Å². The Bertz CT molecular complexity index is 713. The van der Waals surface area contributed by atoms with Crippen LogP contribution in [-0.2, 0) is 11.3 Å². The summed E-state index contributed by atoms with van der Waals surface area (Å²) >= 11 is 0. The van der Waals surface area contributed by atoms with Crippen LogP contribution < -0.4 is 0 Å². The van der Waals surface area contributed by atoms with Crippen molar-refractivity contribution >= 4 is 5.91 Å². The lowest BCUT2D eigenvalue weighted by molar-refractivity contribution is -0.143. The van der Waals surface area contributed by atoms with Crippen molar-refractivity contribution in [2.45, 2.75) is 38.4 Å². The van der Waals surface area contributed by atoms with Crippen LogP contribution in [0.25, 0.3) is 11.3 Å². The zero-order valence-electron chi connectivity index (χ0n) is 14.1. The van der Waals surface area contributed by atoms with Crippen molar-refractivity contribution in [3.8, 4) is 11.3 Å². The van der Waals surface area contributed by atoms with E-state index < -0.39 is 0 Å². The van der Waals surface area contributed by atoms with Crippen molar-refractivity contribution in [1.29, 1.82) is 0 Å². The molecule has 1 amide bonds. The van der Waals surface area contributed by atoms with Gasteiger partial charge < -0.3 is 4.90 Å². The van der Waals surface area contributed by atoms with E-state index in [9.17, 15) is 4.79 Å². The highest BCUT2D eigenvalue weighted by Crippen LogP contribution is 2.27. The fourth-order valence-electron chi connectivity index (χ4n) is 3.89. The van der Waals surface area contributed by atoms with Gasteiger partial charge in [-0.15, -0.1) is 0 Å². The molecule has 0 saturated carbocycles. The normalized spacial score (nSPS) is 24.2. The van der Waals surface area contributed by atoms with Crippen LogP contribution >= 0.6 is 0 Å². The van der Waals surface area contributed by atoms with E-state index in [0.717, 1.165) is 43.7 Å². The van der Waals surface area contributed by atoms with Crippen molar-refractivity contribution < 1.29 is 4.79 Å². The van der Waals surface area contributed by atoms with Gasteiger partial charge in [0.15, 0.2) is 0 Å². The number of fused-ring (bicyclic) bond motifs is 1. The second-order valence-corrected chi connectivity index (χ2v) is 6.85. The molecule has 4 heteroatoms. The number of rotatable bonds is 3. The third kappa shape index (κ3) is 2.82. The number of nitrogens with zero attached hydrogens (tertiary/aromatic N) is 3. The number of hydrogen-bond donors (Lipinski definition) is 0. The molecular formula is C20H23N3O. The molecular weight excluding hydrogens is 298 g/mol. The molecule has 3 heterocycles. The minimum absolute atomic E-state index is 0.0187. The number of benzene rings is 1. The molecule has 2 aliphatic heterocycles. The van der Waals surface area contributed by atoms with Crippen LogP contribution in [0.15, 0.2) is 48.7 Å². The van der Waals surface area contributed by atoms with Gasteiger partial charge in [0, 0.05) is 37.4 Å². The molecule has 2 atom stereocenters. The lowest BCUT2D eigenvalue weighted by Gasteiger charge is -2.41. The molecule has 2 aromatic rings. The molecule has 2 fully saturated rings. The van der Waals surface area contributed by atoms with E-state index in [1.54, 1.807) is 0 Å². The quantitative estimate of drug-likeness (QED) is 0.872. The zero-order valence-corrected chi connectivity index (χ0v) is 14.1. The monoisotopic (exact) mass is 321 g/mol. The average Bonchev–Trinajstić information content (AvgIpc) is 3.09. The van der Waals surface area contributed by atoms with Crippen LogP contribution in [0.5, 0.6) is 0 Å². The summed E-state index contributed by atoms with van der Waals surface area (Å²) in [5.41, 5.74) is 3.37. The molecule has 0 radical (unpaired) electrons. The van der Waals surface area contributed by atoms with E-state index in [1.807, 2.05) is 31.3 Å². The SMILES string of the molecule is C[C@H]1C(=O)N2CCC[C@H]2CN1Cc1ccc(-c2ccccn2)cc1. The number of amides is 1. The molecule has 2 aliphatic rings. The number of pyridine rings is 1. The smallest absolute Gasteiger partial charge is 0.239 e. The van der Waals surface area contributed by atoms with Crippen LogP contribution in [0.3, 0.4) is 0 Å². The Kier molecular flexibility index (Phi) is 4.07. The fraction of sp³-hybridized carbons (Fsp3) is 0.400. The van der Waals surface area contributed by atoms with Gasteiger partial charge in [0.05, 0.1) is 11.7 Å². The van der Waals surface area contributed by atoms with E-state index in [1.165, 1.54) is 5.56 Å². The Morgan fingerprint density at radius 3 is 2.75 bits per heavy atom. The highest BCUT2D eigenvalue weighted by atomic mass is 16.2. The second kappa shape index (κ2) is 6.36. The summed E-state index contributed by atoms with van der Waals surface area (Å²) in [5.74, 6) is 0.300. The number of piperazine rings is 1. The fourth-order valence-corrected chi connectivity index (χ4v) is 3.89. The number of carbonyl (C=O) groups excluding carboxylic acids is 1. The van der Waals surface area contributed by atoms with Gasteiger partial charge in [-0.25, -0.2) is 0 Å². The Balaban J connectivity index is 1.48. The average molecular weight is 321 g/mol. The van der Waals surface area contributed by atoms with Crippen LogP contribution in [0.1, 0.15) is 25.3 Å². The predicted octanol–water partition coefficient (Wildman–Crippen LogP) is 2.94. The third-order valence-corrected chi connectivity index (χ3v) is 5.31. The van der Waals surface area contributed by atoms with Gasteiger partial charge in [0.2, 0.25) is 5.91 Å². The van der Waals surface area contributed by atoms with E-state index in [2.05, 4.69) is 39.0 Å². The van der Waals surface area contributed by atoms with Crippen molar-refractivity contribution in [3.05, 3.63) is 54.2 Å². The topological polar surface area (TPSA) is 36.4 Å². The Hall–Kier alpha value is -2.20. The lowest BCUT2D eigenvalue weighted by atomic mass is 10.0. The summed E-state index contributed by atoms with van der Waals surface area (Å²) in [7, 11) is 0. The maximum Gasteiger partial charge on any atom is 0.239 e. The van der Waals surface area contributed by atoms with Gasteiger partial charge >= 0.3 is 0 Å². The highest BCUT2D eigenvalue weighted by Gasteiger charge is 2.39. The van der Waals surface area contributed by atoms with E-state index in [4.69, 9.17) is 0 Å². The van der Waals surface area contributed by atoms with E-state index in [-0.39, 0.29) is 6.04 Å². The first-order chi connectivity index (χ1) is 11.7. The lowest BCUT2D eigenvalue weighted by Crippen LogP contribution is -2.58. The molecule has 0 unspecified atom stereocenters. The first kappa shape index (κ1) is 15.3. The van der Waals surface area contributed by atoms with Gasteiger partial charge in [-0.2, -0.15) is 0 Å². The van der Waals surface area contributed by atoms with Crippen LogP contribution in [0.4, 0.5) is 0 Å². The molecule has 0 aliphatic carbocycles. The van der Waals surface area contributed by atoms with Gasteiger partial charge in [-0.1, -0.05) is 30.3 Å². The molecule has 4 rings (SSSR count). The first-order valence-corrected chi connectivity index (χ1v) is 8.77. The zero-order chi connectivity index (χ0) is 16.5. The van der Waals surface area contributed by atoms with Gasteiger partial charge in [-0.3, -0.25) is 14.7 Å². The molecule has 1 aromatic carbocycles. The van der Waals surface area contributed by atoms with E-state index >= 15 is 0 Å². The van der Waals surface area contributed by atoms with E-state index in [0.29, 0.717) is 11.9 Å². The molecule has 2 saturated heterocycles. The summed E-state index contributed by atoms with van der Waals surface area (Å²) < 4.78 is 0. The number of carbonyl (C=O) groups is 1. The molecule has 0 bridgehead atoms. The summed E-state index contributed by atoms with van der Waals surface area (Å²) in [6.07, 6.45) is 4.11. The molecule has 0 spiro atoms. The third-order valence-electron chi connectivity index (χ3n) is 5.31. The largest absolute Gasteiger partial charge is 0.337 e. The first-order valence-electron chi connectivity index (χ1n) is 8.77. The van der Waals surface area contributed by atoms with Crippen molar-refractivity contribution in [2.75, 3.05) is 13.1 Å². The van der Waals surface area contributed by atoms with Gasteiger partial charge in [0.25, 0.3) is 0 Å². The highest BCUT2D eigenvalue weighted by molar-refractivity contribution is 5.83.